The summed E-state index contributed by atoms with van der Waals surface area (Å²) in [6.07, 6.45) is 3.74. The van der Waals surface area contributed by atoms with Gasteiger partial charge in [-0.2, -0.15) is 0 Å². The second-order valence-corrected chi connectivity index (χ2v) is 4.93. The third-order valence-electron chi connectivity index (χ3n) is 2.97. The fourth-order valence-corrected chi connectivity index (χ4v) is 2.19. The highest BCUT2D eigenvalue weighted by atomic mass is 16.1. The largest absolute Gasteiger partial charge is 0.366 e. The van der Waals surface area contributed by atoms with Gasteiger partial charge in [-0.25, -0.2) is 0 Å². The minimum Gasteiger partial charge on any atom is -0.366 e. The molecule has 3 nitrogen and oxygen atoms in total. The Morgan fingerprint density at radius 2 is 2.22 bits per heavy atom. The van der Waals surface area contributed by atoms with Gasteiger partial charge in [-0.05, 0) is 29.7 Å². The molecular weight excluding hydrogens is 224 g/mol. The zero-order chi connectivity index (χ0) is 13.3. The van der Waals surface area contributed by atoms with Gasteiger partial charge in [0.15, 0.2) is 0 Å². The van der Waals surface area contributed by atoms with Crippen LogP contribution in [0.15, 0.2) is 31.0 Å². The number of carbonyl (C=O) groups is 1. The van der Waals surface area contributed by atoms with Crippen molar-refractivity contribution >= 4 is 22.9 Å². The molecule has 1 aromatic carbocycles. The summed E-state index contributed by atoms with van der Waals surface area (Å²) in [6.45, 7) is 9.00. The van der Waals surface area contributed by atoms with E-state index in [1.54, 1.807) is 12.1 Å². The van der Waals surface area contributed by atoms with Crippen LogP contribution < -0.4 is 5.73 Å². The number of nitrogens with zero attached hydrogens (tertiary/aromatic N) is 1. The van der Waals surface area contributed by atoms with Crippen LogP contribution in [0.5, 0.6) is 0 Å². The number of fused-ring (bicyclic) bond motifs is 1. The summed E-state index contributed by atoms with van der Waals surface area (Å²) in [5, 5.41) is 0.911. The van der Waals surface area contributed by atoms with Gasteiger partial charge in [-0.15, -0.1) is 0 Å². The Balaban J connectivity index is 2.68. The Kier molecular flexibility index (Phi) is 3.24. The average molecular weight is 242 g/mol. The monoisotopic (exact) mass is 242 g/mol. The Morgan fingerprint density at radius 1 is 1.50 bits per heavy atom. The van der Waals surface area contributed by atoms with Crippen molar-refractivity contribution in [3.05, 3.63) is 42.1 Å². The fourth-order valence-electron chi connectivity index (χ4n) is 2.19. The van der Waals surface area contributed by atoms with Gasteiger partial charge in [0.2, 0.25) is 5.91 Å². The van der Waals surface area contributed by atoms with Crippen molar-refractivity contribution < 1.29 is 4.79 Å². The number of benzene rings is 1. The van der Waals surface area contributed by atoms with Gasteiger partial charge in [-0.1, -0.05) is 26.5 Å². The summed E-state index contributed by atoms with van der Waals surface area (Å²) in [5.74, 6) is 0.149. The molecule has 0 aliphatic heterocycles. The summed E-state index contributed by atoms with van der Waals surface area (Å²) >= 11 is 0. The minimum absolute atomic E-state index is 0.397. The SMILES string of the molecule is C=Cc1cc(C(N)=O)c2ccn(CC(C)C)c2c1. The number of rotatable bonds is 4. The number of carbonyl (C=O) groups excluding carboxylic acids is 1. The molecule has 18 heavy (non-hydrogen) atoms. The lowest BCUT2D eigenvalue weighted by Gasteiger charge is -2.10. The van der Waals surface area contributed by atoms with E-state index in [4.69, 9.17) is 5.73 Å². The van der Waals surface area contributed by atoms with Crippen LogP contribution in [-0.4, -0.2) is 10.5 Å². The van der Waals surface area contributed by atoms with Gasteiger partial charge in [0, 0.05) is 29.2 Å². The summed E-state index contributed by atoms with van der Waals surface area (Å²) in [5.41, 5.74) is 7.95. The molecule has 0 aliphatic carbocycles. The molecule has 0 spiro atoms. The van der Waals surface area contributed by atoms with Crippen molar-refractivity contribution in [3.8, 4) is 0 Å². The highest BCUT2D eigenvalue weighted by molar-refractivity contribution is 6.06. The summed E-state index contributed by atoms with van der Waals surface area (Å²) < 4.78 is 2.15. The van der Waals surface area contributed by atoms with Gasteiger partial charge in [-0.3, -0.25) is 4.79 Å². The smallest absolute Gasteiger partial charge is 0.249 e. The fraction of sp³-hybridized carbons (Fsp3) is 0.267. The molecule has 2 aromatic rings. The molecule has 94 valence electrons. The maximum atomic E-state index is 11.5. The molecule has 2 rings (SSSR count). The van der Waals surface area contributed by atoms with Gasteiger partial charge < -0.3 is 10.3 Å². The van der Waals surface area contributed by atoms with Crippen LogP contribution in [0.25, 0.3) is 17.0 Å². The first-order chi connectivity index (χ1) is 8.52. The van der Waals surface area contributed by atoms with E-state index >= 15 is 0 Å². The molecule has 0 saturated heterocycles. The highest BCUT2D eigenvalue weighted by Crippen LogP contribution is 2.24. The molecular formula is C15H18N2O. The third kappa shape index (κ3) is 2.16. The van der Waals surface area contributed by atoms with Crippen molar-refractivity contribution in [2.45, 2.75) is 20.4 Å². The van der Waals surface area contributed by atoms with E-state index in [0.29, 0.717) is 11.5 Å². The van der Waals surface area contributed by atoms with Gasteiger partial charge in [0.25, 0.3) is 0 Å². The minimum atomic E-state index is -0.397. The molecule has 1 heterocycles. The van der Waals surface area contributed by atoms with E-state index in [0.717, 1.165) is 23.0 Å². The second-order valence-electron chi connectivity index (χ2n) is 4.93. The van der Waals surface area contributed by atoms with E-state index < -0.39 is 5.91 Å². The van der Waals surface area contributed by atoms with Crippen LogP contribution in [0.3, 0.4) is 0 Å². The topological polar surface area (TPSA) is 48.0 Å². The van der Waals surface area contributed by atoms with Crippen LogP contribution in [0.2, 0.25) is 0 Å². The molecule has 0 bridgehead atoms. The maximum absolute atomic E-state index is 11.5. The standard InChI is InChI=1S/C15H18N2O/c1-4-11-7-13(15(16)18)12-5-6-17(9-10(2)3)14(12)8-11/h4-8,10H,1,9H2,2-3H3,(H2,16,18). The van der Waals surface area contributed by atoms with Crippen LogP contribution in [-0.2, 0) is 6.54 Å². The van der Waals surface area contributed by atoms with E-state index in [-0.39, 0.29) is 0 Å². The van der Waals surface area contributed by atoms with E-state index in [1.807, 2.05) is 18.3 Å². The van der Waals surface area contributed by atoms with Crippen molar-refractivity contribution in [2.75, 3.05) is 0 Å². The van der Waals surface area contributed by atoms with Crippen molar-refractivity contribution in [2.24, 2.45) is 11.7 Å². The Morgan fingerprint density at radius 3 is 2.78 bits per heavy atom. The Labute approximate surface area is 107 Å². The maximum Gasteiger partial charge on any atom is 0.249 e. The molecule has 3 heteroatoms. The average Bonchev–Trinajstić information content (AvgIpc) is 2.70. The van der Waals surface area contributed by atoms with E-state index in [1.165, 1.54) is 0 Å². The summed E-state index contributed by atoms with van der Waals surface area (Å²) in [4.78, 5) is 11.5. The van der Waals surface area contributed by atoms with Crippen LogP contribution in [0, 0.1) is 5.92 Å². The zero-order valence-corrected chi connectivity index (χ0v) is 10.8. The quantitative estimate of drug-likeness (QED) is 0.880. The molecule has 0 atom stereocenters. The number of amides is 1. The first-order valence-corrected chi connectivity index (χ1v) is 6.08. The summed E-state index contributed by atoms with van der Waals surface area (Å²) in [7, 11) is 0. The van der Waals surface area contributed by atoms with E-state index in [9.17, 15) is 4.79 Å². The first-order valence-electron chi connectivity index (χ1n) is 6.08. The molecule has 1 amide bonds. The van der Waals surface area contributed by atoms with Crippen molar-refractivity contribution in [1.29, 1.82) is 0 Å². The molecule has 1 aromatic heterocycles. The predicted molar refractivity (Wildman–Crippen MR) is 75.4 cm³/mol. The lowest BCUT2D eigenvalue weighted by molar-refractivity contribution is 0.100. The number of hydrogen-bond donors (Lipinski definition) is 1. The third-order valence-corrected chi connectivity index (χ3v) is 2.97. The highest BCUT2D eigenvalue weighted by Gasteiger charge is 2.11. The van der Waals surface area contributed by atoms with E-state index in [2.05, 4.69) is 25.0 Å². The zero-order valence-electron chi connectivity index (χ0n) is 10.8. The molecule has 0 radical (unpaired) electrons. The number of primary amides is 1. The Bertz CT molecular complexity index is 608. The lowest BCUT2D eigenvalue weighted by atomic mass is 10.1. The van der Waals surface area contributed by atoms with Crippen LogP contribution in [0.4, 0.5) is 0 Å². The first kappa shape index (κ1) is 12.4. The van der Waals surface area contributed by atoms with Gasteiger partial charge in [0.1, 0.15) is 0 Å². The van der Waals surface area contributed by atoms with Crippen molar-refractivity contribution in [3.63, 3.8) is 0 Å². The van der Waals surface area contributed by atoms with Crippen molar-refractivity contribution in [1.82, 2.24) is 4.57 Å². The number of nitrogens with two attached hydrogens (primary N) is 1. The normalized spacial score (nSPS) is 11.1. The van der Waals surface area contributed by atoms with Crippen LogP contribution in [0.1, 0.15) is 29.8 Å². The predicted octanol–water partition coefficient (Wildman–Crippen LogP) is 3.04. The lowest BCUT2D eigenvalue weighted by Crippen LogP contribution is -2.12. The molecule has 0 saturated carbocycles. The molecule has 2 N–H and O–H groups in total. The molecule has 0 unspecified atom stereocenters. The van der Waals surface area contributed by atoms with Gasteiger partial charge in [0.05, 0.1) is 0 Å². The summed E-state index contributed by atoms with van der Waals surface area (Å²) in [6, 6.07) is 5.78. The molecule has 0 fully saturated rings. The number of hydrogen-bond acceptors (Lipinski definition) is 1. The Hall–Kier alpha value is -2.03. The van der Waals surface area contributed by atoms with Crippen LogP contribution >= 0.6 is 0 Å². The number of aromatic nitrogens is 1. The second kappa shape index (κ2) is 4.69. The van der Waals surface area contributed by atoms with Gasteiger partial charge >= 0.3 is 0 Å². The molecule has 0 aliphatic rings.